The Bertz CT molecular complexity index is 763. The molecule has 1 aliphatic heterocycles. The van der Waals surface area contributed by atoms with Crippen molar-refractivity contribution in [1.29, 1.82) is 0 Å². The van der Waals surface area contributed by atoms with Crippen LogP contribution in [0.15, 0.2) is 42.5 Å². The number of carbonyl (C=O) groups excluding carboxylic acids is 1. The summed E-state index contributed by atoms with van der Waals surface area (Å²) in [4.78, 5) is 14.4. The molecule has 2 aromatic rings. The van der Waals surface area contributed by atoms with Gasteiger partial charge in [0, 0.05) is 18.1 Å². The first-order valence-electron chi connectivity index (χ1n) is 8.79. The van der Waals surface area contributed by atoms with E-state index in [4.69, 9.17) is 16.3 Å². The van der Waals surface area contributed by atoms with Crippen LogP contribution in [0.3, 0.4) is 0 Å². The summed E-state index contributed by atoms with van der Waals surface area (Å²) in [6.45, 7) is 1.95. The van der Waals surface area contributed by atoms with E-state index in [1.54, 1.807) is 12.1 Å². The minimum atomic E-state index is -0.377. The van der Waals surface area contributed by atoms with Crippen LogP contribution in [0.25, 0.3) is 0 Å². The van der Waals surface area contributed by atoms with Gasteiger partial charge in [0.05, 0.1) is 18.0 Å². The largest absolute Gasteiger partial charge is 0.370 e. The smallest absolute Gasteiger partial charge is 0.250 e. The predicted octanol–water partition coefficient (Wildman–Crippen LogP) is 4.62. The number of hydrogen-bond donors (Lipinski definition) is 1. The Morgan fingerprint density at radius 2 is 1.92 bits per heavy atom. The fourth-order valence-electron chi connectivity index (χ4n) is 3.07. The van der Waals surface area contributed by atoms with Crippen LogP contribution in [0.5, 0.6) is 0 Å². The number of piperidine rings is 1. The molecule has 0 spiro atoms. The van der Waals surface area contributed by atoms with Gasteiger partial charge in [-0.15, -0.1) is 0 Å². The lowest BCUT2D eigenvalue weighted by Gasteiger charge is -2.30. The number of anilines is 2. The van der Waals surface area contributed by atoms with Crippen molar-refractivity contribution in [3.8, 4) is 0 Å². The number of amides is 1. The third-order valence-electron chi connectivity index (χ3n) is 4.38. The average molecular weight is 377 g/mol. The van der Waals surface area contributed by atoms with Crippen molar-refractivity contribution in [3.63, 3.8) is 0 Å². The zero-order chi connectivity index (χ0) is 18.4. The minimum Gasteiger partial charge on any atom is -0.370 e. The number of nitrogens with zero attached hydrogens (tertiary/aromatic N) is 1. The van der Waals surface area contributed by atoms with Gasteiger partial charge in [-0.3, -0.25) is 4.79 Å². The number of nitrogens with one attached hydrogen (secondary N) is 1. The first kappa shape index (κ1) is 18.7. The fourth-order valence-corrected chi connectivity index (χ4v) is 3.26. The summed E-state index contributed by atoms with van der Waals surface area (Å²) in [6, 6.07) is 11.8. The van der Waals surface area contributed by atoms with Gasteiger partial charge in [0.1, 0.15) is 12.4 Å². The van der Waals surface area contributed by atoms with E-state index < -0.39 is 0 Å². The van der Waals surface area contributed by atoms with Gasteiger partial charge in [0.25, 0.3) is 0 Å². The Hall–Kier alpha value is -2.11. The van der Waals surface area contributed by atoms with E-state index in [1.807, 2.05) is 18.2 Å². The first-order valence-corrected chi connectivity index (χ1v) is 9.17. The van der Waals surface area contributed by atoms with Crippen molar-refractivity contribution < 1.29 is 13.9 Å². The molecule has 0 bridgehead atoms. The Morgan fingerprint density at radius 1 is 1.15 bits per heavy atom. The van der Waals surface area contributed by atoms with Gasteiger partial charge < -0.3 is 15.0 Å². The van der Waals surface area contributed by atoms with Crippen LogP contribution in [-0.2, 0) is 16.1 Å². The van der Waals surface area contributed by atoms with Gasteiger partial charge in [-0.05, 0) is 49.1 Å². The molecule has 0 unspecified atom stereocenters. The maximum Gasteiger partial charge on any atom is 0.250 e. The van der Waals surface area contributed by atoms with E-state index in [9.17, 15) is 9.18 Å². The average Bonchev–Trinajstić information content (AvgIpc) is 2.64. The second-order valence-electron chi connectivity index (χ2n) is 6.34. The van der Waals surface area contributed by atoms with Crippen LogP contribution in [0.1, 0.15) is 24.8 Å². The van der Waals surface area contributed by atoms with Crippen molar-refractivity contribution >= 4 is 28.9 Å². The zero-order valence-electron chi connectivity index (χ0n) is 14.5. The van der Waals surface area contributed by atoms with Crippen LogP contribution in [-0.4, -0.2) is 25.6 Å². The number of carbonyl (C=O) groups is 1. The molecule has 26 heavy (non-hydrogen) atoms. The molecule has 3 rings (SSSR count). The summed E-state index contributed by atoms with van der Waals surface area (Å²) >= 11 is 6.07. The molecule has 1 saturated heterocycles. The highest BCUT2D eigenvalue weighted by atomic mass is 35.5. The van der Waals surface area contributed by atoms with E-state index in [-0.39, 0.29) is 24.9 Å². The highest BCUT2D eigenvalue weighted by Crippen LogP contribution is 2.29. The lowest BCUT2D eigenvalue weighted by Crippen LogP contribution is -2.30. The Balaban J connectivity index is 1.59. The first-order chi connectivity index (χ1) is 12.6. The molecular formula is C20H22ClFN2O2. The molecule has 1 N–H and O–H groups in total. The van der Waals surface area contributed by atoms with E-state index >= 15 is 0 Å². The second-order valence-corrected chi connectivity index (χ2v) is 6.75. The summed E-state index contributed by atoms with van der Waals surface area (Å²) in [5, 5.41) is 3.37. The SMILES string of the molecule is O=C(COCc1ccccc1Cl)Nc1cc(F)ccc1N1CCCCC1. The van der Waals surface area contributed by atoms with E-state index in [1.165, 1.54) is 18.6 Å². The highest BCUT2D eigenvalue weighted by molar-refractivity contribution is 6.31. The molecule has 0 atom stereocenters. The lowest BCUT2D eigenvalue weighted by atomic mass is 10.1. The molecule has 1 heterocycles. The zero-order valence-corrected chi connectivity index (χ0v) is 15.3. The maximum atomic E-state index is 13.7. The number of rotatable bonds is 6. The van der Waals surface area contributed by atoms with Gasteiger partial charge in [-0.1, -0.05) is 29.8 Å². The molecule has 1 amide bonds. The molecule has 0 aliphatic carbocycles. The summed E-state index contributed by atoms with van der Waals surface area (Å²) in [6.07, 6.45) is 3.41. The van der Waals surface area contributed by atoms with E-state index in [2.05, 4.69) is 10.2 Å². The summed E-state index contributed by atoms with van der Waals surface area (Å²) in [7, 11) is 0. The predicted molar refractivity (Wildman–Crippen MR) is 102 cm³/mol. The molecule has 0 radical (unpaired) electrons. The Kier molecular flexibility index (Phi) is 6.47. The Morgan fingerprint density at radius 3 is 2.69 bits per heavy atom. The van der Waals surface area contributed by atoms with Crippen molar-refractivity contribution in [2.24, 2.45) is 0 Å². The normalized spacial score (nSPS) is 14.3. The van der Waals surface area contributed by atoms with Gasteiger partial charge in [0.15, 0.2) is 0 Å². The summed E-state index contributed by atoms with van der Waals surface area (Å²) < 4.78 is 19.1. The van der Waals surface area contributed by atoms with Crippen molar-refractivity contribution in [3.05, 3.63) is 58.9 Å². The quantitative estimate of drug-likeness (QED) is 0.799. The molecule has 0 saturated carbocycles. The molecule has 2 aromatic carbocycles. The second kappa shape index (κ2) is 9.01. The maximum absolute atomic E-state index is 13.7. The third kappa shape index (κ3) is 4.96. The number of benzene rings is 2. The van der Waals surface area contributed by atoms with Gasteiger partial charge in [0.2, 0.25) is 5.91 Å². The van der Waals surface area contributed by atoms with Crippen LogP contribution >= 0.6 is 11.6 Å². The van der Waals surface area contributed by atoms with Gasteiger partial charge >= 0.3 is 0 Å². The molecule has 138 valence electrons. The number of ether oxygens (including phenoxy) is 1. The van der Waals surface area contributed by atoms with Crippen molar-refractivity contribution in [2.75, 3.05) is 29.9 Å². The van der Waals surface area contributed by atoms with Gasteiger partial charge in [-0.25, -0.2) is 4.39 Å². The van der Waals surface area contributed by atoms with E-state index in [0.29, 0.717) is 10.7 Å². The fraction of sp³-hybridized carbons (Fsp3) is 0.350. The number of hydrogen-bond acceptors (Lipinski definition) is 3. The van der Waals surface area contributed by atoms with Crippen LogP contribution in [0.2, 0.25) is 5.02 Å². The van der Waals surface area contributed by atoms with Crippen molar-refractivity contribution in [1.82, 2.24) is 0 Å². The third-order valence-corrected chi connectivity index (χ3v) is 4.75. The van der Waals surface area contributed by atoms with Gasteiger partial charge in [-0.2, -0.15) is 0 Å². The molecule has 1 fully saturated rings. The van der Waals surface area contributed by atoms with Crippen LogP contribution in [0, 0.1) is 5.82 Å². The molecule has 1 aliphatic rings. The topological polar surface area (TPSA) is 41.6 Å². The standard InChI is InChI=1S/C20H22ClFN2O2/c21-17-7-3-2-6-15(17)13-26-14-20(25)23-18-12-16(22)8-9-19(18)24-10-4-1-5-11-24/h2-3,6-9,12H,1,4-5,10-11,13-14H2,(H,23,25). The highest BCUT2D eigenvalue weighted by Gasteiger charge is 2.16. The van der Waals surface area contributed by atoms with Crippen molar-refractivity contribution in [2.45, 2.75) is 25.9 Å². The van der Waals surface area contributed by atoms with Crippen LogP contribution in [0.4, 0.5) is 15.8 Å². The van der Waals surface area contributed by atoms with Crippen LogP contribution < -0.4 is 10.2 Å². The molecule has 0 aromatic heterocycles. The Labute approximate surface area is 157 Å². The summed E-state index contributed by atoms with van der Waals surface area (Å²) in [5.41, 5.74) is 2.16. The molecule has 6 heteroatoms. The minimum absolute atomic E-state index is 0.124. The monoisotopic (exact) mass is 376 g/mol. The lowest BCUT2D eigenvalue weighted by molar-refractivity contribution is -0.121. The molecular weight excluding hydrogens is 355 g/mol. The molecule has 4 nitrogen and oxygen atoms in total. The summed E-state index contributed by atoms with van der Waals surface area (Å²) in [5.74, 6) is -0.695. The number of halogens is 2. The van der Waals surface area contributed by atoms with E-state index in [0.717, 1.165) is 37.2 Å².